The molecule has 3 aromatic rings. The predicted octanol–water partition coefficient (Wildman–Crippen LogP) is 3.52. The molecule has 1 aromatic carbocycles. The van der Waals surface area contributed by atoms with Crippen molar-refractivity contribution in [2.45, 2.75) is 6.54 Å². The van der Waals surface area contributed by atoms with Gasteiger partial charge in [0, 0.05) is 24.4 Å². The Morgan fingerprint density at radius 2 is 2.14 bits per heavy atom. The van der Waals surface area contributed by atoms with Crippen molar-refractivity contribution in [1.82, 2.24) is 9.47 Å². The zero-order valence-corrected chi connectivity index (χ0v) is 13.7. The van der Waals surface area contributed by atoms with Gasteiger partial charge in [0.05, 0.1) is 19.2 Å². The molecular formula is C17H18N2O2S. The lowest BCUT2D eigenvalue weighted by Crippen LogP contribution is -2.27. The van der Waals surface area contributed by atoms with Crippen molar-refractivity contribution in [2.75, 3.05) is 14.2 Å². The zero-order valence-electron chi connectivity index (χ0n) is 12.9. The third-order valence-electron chi connectivity index (χ3n) is 3.81. The quantitative estimate of drug-likeness (QED) is 0.738. The number of carbonyl (C=O) groups excluding carboxylic acids is 1. The fourth-order valence-electron chi connectivity index (χ4n) is 2.62. The number of amides is 1. The summed E-state index contributed by atoms with van der Waals surface area (Å²) < 4.78 is 7.31. The topological polar surface area (TPSA) is 34.5 Å². The van der Waals surface area contributed by atoms with Crippen molar-refractivity contribution in [1.29, 1.82) is 0 Å². The maximum atomic E-state index is 12.7. The third kappa shape index (κ3) is 2.48. The van der Waals surface area contributed by atoms with Gasteiger partial charge >= 0.3 is 0 Å². The average molecular weight is 314 g/mol. The highest BCUT2D eigenvalue weighted by molar-refractivity contribution is 7.09. The molecule has 114 valence electrons. The van der Waals surface area contributed by atoms with E-state index in [-0.39, 0.29) is 5.91 Å². The number of fused-ring (bicyclic) bond motifs is 1. The molecule has 0 aliphatic heterocycles. The minimum atomic E-state index is 0.00848. The number of rotatable bonds is 4. The summed E-state index contributed by atoms with van der Waals surface area (Å²) in [5, 5.41) is 2.98. The molecule has 0 aliphatic rings. The molecule has 0 saturated heterocycles. The van der Waals surface area contributed by atoms with Gasteiger partial charge in [0.15, 0.2) is 0 Å². The molecule has 2 heterocycles. The Balaban J connectivity index is 1.95. The van der Waals surface area contributed by atoms with Crippen molar-refractivity contribution in [2.24, 2.45) is 7.05 Å². The Bertz CT molecular complexity index is 806. The van der Waals surface area contributed by atoms with E-state index in [1.54, 1.807) is 23.3 Å². The van der Waals surface area contributed by atoms with Crippen molar-refractivity contribution < 1.29 is 9.53 Å². The van der Waals surface area contributed by atoms with E-state index in [4.69, 9.17) is 4.74 Å². The number of nitrogens with zero attached hydrogens (tertiary/aromatic N) is 2. The van der Waals surface area contributed by atoms with Crippen molar-refractivity contribution in [3.63, 3.8) is 0 Å². The molecule has 4 nitrogen and oxygen atoms in total. The van der Waals surface area contributed by atoms with Crippen LogP contribution in [-0.2, 0) is 13.6 Å². The SMILES string of the molecule is COc1cccc2c1cc(C(=O)N(C)Cc1cccs1)n2C. The molecule has 22 heavy (non-hydrogen) atoms. The normalized spacial score (nSPS) is 10.9. The van der Waals surface area contributed by atoms with Crippen LogP contribution in [0.4, 0.5) is 0 Å². The summed E-state index contributed by atoms with van der Waals surface area (Å²) in [4.78, 5) is 15.6. The van der Waals surface area contributed by atoms with E-state index >= 15 is 0 Å². The Morgan fingerprint density at radius 3 is 2.82 bits per heavy atom. The number of aryl methyl sites for hydroxylation is 1. The summed E-state index contributed by atoms with van der Waals surface area (Å²) in [6.45, 7) is 0.620. The van der Waals surface area contributed by atoms with Gasteiger partial charge in [-0.15, -0.1) is 11.3 Å². The van der Waals surface area contributed by atoms with Crippen LogP contribution in [0.3, 0.4) is 0 Å². The number of aromatic nitrogens is 1. The first-order valence-corrected chi connectivity index (χ1v) is 7.90. The van der Waals surface area contributed by atoms with Crippen LogP contribution in [0, 0.1) is 0 Å². The van der Waals surface area contributed by atoms with Crippen molar-refractivity contribution in [3.8, 4) is 5.75 Å². The van der Waals surface area contributed by atoms with E-state index in [1.807, 2.05) is 60.4 Å². The molecule has 0 fully saturated rings. The first kappa shape index (κ1) is 14.7. The maximum Gasteiger partial charge on any atom is 0.270 e. The largest absolute Gasteiger partial charge is 0.496 e. The Hall–Kier alpha value is -2.27. The van der Waals surface area contributed by atoms with Gasteiger partial charge in [-0.1, -0.05) is 12.1 Å². The van der Waals surface area contributed by atoms with Gasteiger partial charge in [0.25, 0.3) is 5.91 Å². The number of ether oxygens (including phenoxy) is 1. The van der Waals surface area contributed by atoms with Gasteiger partial charge in [-0.2, -0.15) is 0 Å². The van der Waals surface area contributed by atoms with Crippen LogP contribution in [0.1, 0.15) is 15.4 Å². The number of hydrogen-bond donors (Lipinski definition) is 0. The van der Waals surface area contributed by atoms with E-state index in [0.717, 1.165) is 16.7 Å². The standard InChI is InChI=1S/C17H18N2O2S/c1-18(11-12-6-5-9-22-12)17(20)15-10-13-14(19(15)2)7-4-8-16(13)21-3/h4-10H,11H2,1-3H3. The summed E-state index contributed by atoms with van der Waals surface area (Å²) in [5.74, 6) is 0.794. The minimum absolute atomic E-state index is 0.00848. The molecule has 0 aliphatic carbocycles. The number of benzene rings is 1. The Labute approximate surface area is 133 Å². The molecule has 0 saturated carbocycles. The van der Waals surface area contributed by atoms with Crippen LogP contribution in [0.25, 0.3) is 10.9 Å². The molecule has 0 unspecified atom stereocenters. The van der Waals surface area contributed by atoms with Gasteiger partial charge in [-0.05, 0) is 29.6 Å². The van der Waals surface area contributed by atoms with E-state index in [9.17, 15) is 4.79 Å². The lowest BCUT2D eigenvalue weighted by Gasteiger charge is -2.16. The second-order valence-corrected chi connectivity index (χ2v) is 6.25. The number of methoxy groups -OCH3 is 1. The molecule has 3 rings (SSSR count). The Kier molecular flexibility index (Phi) is 3.90. The zero-order chi connectivity index (χ0) is 15.7. The lowest BCUT2D eigenvalue weighted by molar-refractivity contribution is 0.0777. The van der Waals surface area contributed by atoms with Crippen LogP contribution in [0.2, 0.25) is 0 Å². The third-order valence-corrected chi connectivity index (χ3v) is 4.67. The minimum Gasteiger partial charge on any atom is -0.496 e. The first-order valence-electron chi connectivity index (χ1n) is 7.02. The van der Waals surface area contributed by atoms with Crippen LogP contribution in [0.15, 0.2) is 41.8 Å². The van der Waals surface area contributed by atoms with Crippen LogP contribution in [-0.4, -0.2) is 29.5 Å². The summed E-state index contributed by atoms with van der Waals surface area (Å²) in [6, 6.07) is 11.8. The monoisotopic (exact) mass is 314 g/mol. The summed E-state index contributed by atoms with van der Waals surface area (Å²) in [6.07, 6.45) is 0. The fraction of sp³-hybridized carbons (Fsp3) is 0.235. The lowest BCUT2D eigenvalue weighted by atomic mass is 10.2. The molecule has 5 heteroatoms. The Morgan fingerprint density at radius 1 is 1.32 bits per heavy atom. The molecule has 0 spiro atoms. The maximum absolute atomic E-state index is 12.7. The molecule has 0 bridgehead atoms. The van der Waals surface area contributed by atoms with Crippen molar-refractivity contribution in [3.05, 3.63) is 52.3 Å². The van der Waals surface area contributed by atoms with E-state index < -0.39 is 0 Å². The first-order chi connectivity index (χ1) is 10.6. The van der Waals surface area contributed by atoms with Gasteiger partial charge < -0.3 is 14.2 Å². The fourth-order valence-corrected chi connectivity index (χ4v) is 3.38. The number of carbonyl (C=O) groups is 1. The summed E-state index contributed by atoms with van der Waals surface area (Å²) >= 11 is 1.66. The predicted molar refractivity (Wildman–Crippen MR) is 89.6 cm³/mol. The highest BCUT2D eigenvalue weighted by Gasteiger charge is 2.19. The van der Waals surface area contributed by atoms with Gasteiger partial charge in [0.1, 0.15) is 11.4 Å². The summed E-state index contributed by atoms with van der Waals surface area (Å²) in [7, 11) is 5.39. The van der Waals surface area contributed by atoms with E-state index in [0.29, 0.717) is 12.2 Å². The highest BCUT2D eigenvalue weighted by atomic mass is 32.1. The molecular weight excluding hydrogens is 296 g/mol. The number of hydrogen-bond acceptors (Lipinski definition) is 3. The molecule has 2 aromatic heterocycles. The van der Waals surface area contributed by atoms with Crippen LogP contribution in [0.5, 0.6) is 5.75 Å². The molecule has 0 radical (unpaired) electrons. The van der Waals surface area contributed by atoms with Gasteiger partial charge in [-0.25, -0.2) is 0 Å². The number of thiophene rings is 1. The van der Waals surface area contributed by atoms with Crippen LogP contribution < -0.4 is 4.74 Å². The van der Waals surface area contributed by atoms with Crippen molar-refractivity contribution >= 4 is 28.1 Å². The van der Waals surface area contributed by atoms with Crippen LogP contribution >= 0.6 is 11.3 Å². The second kappa shape index (κ2) is 5.85. The molecule has 0 N–H and O–H groups in total. The van der Waals surface area contributed by atoms with E-state index in [2.05, 4.69) is 0 Å². The van der Waals surface area contributed by atoms with Gasteiger partial charge in [0.2, 0.25) is 0 Å². The summed E-state index contributed by atoms with van der Waals surface area (Å²) in [5.41, 5.74) is 1.66. The second-order valence-electron chi connectivity index (χ2n) is 5.22. The average Bonchev–Trinajstić information content (AvgIpc) is 3.14. The van der Waals surface area contributed by atoms with Gasteiger partial charge in [-0.3, -0.25) is 4.79 Å². The molecule has 0 atom stereocenters. The smallest absolute Gasteiger partial charge is 0.270 e. The van der Waals surface area contributed by atoms with E-state index in [1.165, 1.54) is 4.88 Å². The molecule has 1 amide bonds. The highest BCUT2D eigenvalue weighted by Crippen LogP contribution is 2.28.